The molecule has 1 aliphatic heterocycles. The summed E-state index contributed by atoms with van der Waals surface area (Å²) in [5.41, 5.74) is 3.21. The Labute approximate surface area is 138 Å². The number of para-hydroxylation sites is 1. The average molecular weight is 324 g/mol. The van der Waals surface area contributed by atoms with E-state index in [1.165, 1.54) is 5.56 Å². The van der Waals surface area contributed by atoms with Crippen LogP contribution in [0.1, 0.15) is 16.1 Å². The number of rotatable bonds is 4. The SMILES string of the molecule is O=C(Cc1ccc2c(c1)CCO2)NCc1nc2ccccc2s1. The second-order valence-electron chi connectivity index (χ2n) is 5.57. The van der Waals surface area contributed by atoms with Gasteiger partial charge in [0.25, 0.3) is 0 Å². The maximum atomic E-state index is 12.1. The Morgan fingerprint density at radius 1 is 1.26 bits per heavy atom. The van der Waals surface area contributed by atoms with Gasteiger partial charge in [-0.15, -0.1) is 11.3 Å². The minimum Gasteiger partial charge on any atom is -0.493 e. The zero-order chi connectivity index (χ0) is 15.6. The molecule has 0 aliphatic carbocycles. The Morgan fingerprint density at radius 2 is 2.17 bits per heavy atom. The standard InChI is InChI=1S/C18H16N2O2S/c21-17(10-12-5-6-15-13(9-12)7-8-22-15)19-11-18-20-14-3-1-2-4-16(14)23-18/h1-6,9H,7-8,10-11H2,(H,19,21). The van der Waals surface area contributed by atoms with Crippen LogP contribution in [0.4, 0.5) is 0 Å². The van der Waals surface area contributed by atoms with Crippen LogP contribution in [-0.2, 0) is 24.2 Å². The topological polar surface area (TPSA) is 51.2 Å². The second-order valence-corrected chi connectivity index (χ2v) is 6.68. The molecule has 1 aromatic heterocycles. The van der Waals surface area contributed by atoms with Crippen LogP contribution in [-0.4, -0.2) is 17.5 Å². The van der Waals surface area contributed by atoms with Gasteiger partial charge in [0.05, 0.1) is 29.8 Å². The van der Waals surface area contributed by atoms with Crippen LogP contribution in [0.25, 0.3) is 10.2 Å². The first kappa shape index (κ1) is 14.2. The van der Waals surface area contributed by atoms with Gasteiger partial charge in [-0.2, -0.15) is 0 Å². The summed E-state index contributed by atoms with van der Waals surface area (Å²) in [5, 5.41) is 3.89. The third-order valence-electron chi connectivity index (χ3n) is 3.89. The van der Waals surface area contributed by atoms with Crippen molar-refractivity contribution in [3.63, 3.8) is 0 Å². The van der Waals surface area contributed by atoms with E-state index in [4.69, 9.17) is 4.74 Å². The van der Waals surface area contributed by atoms with Gasteiger partial charge in [-0.05, 0) is 29.3 Å². The minimum absolute atomic E-state index is 0.0168. The first-order chi connectivity index (χ1) is 11.3. The molecule has 116 valence electrons. The lowest BCUT2D eigenvalue weighted by molar-refractivity contribution is -0.120. The van der Waals surface area contributed by atoms with E-state index in [1.807, 2.05) is 36.4 Å². The third kappa shape index (κ3) is 3.05. The second kappa shape index (κ2) is 6.01. The van der Waals surface area contributed by atoms with Crippen LogP contribution in [0, 0.1) is 0 Å². The highest BCUT2D eigenvalue weighted by Crippen LogP contribution is 2.26. The van der Waals surface area contributed by atoms with Crippen molar-refractivity contribution in [2.75, 3.05) is 6.61 Å². The molecule has 3 aromatic rings. The fourth-order valence-corrected chi connectivity index (χ4v) is 3.67. The van der Waals surface area contributed by atoms with Gasteiger partial charge in [-0.25, -0.2) is 4.98 Å². The Hall–Kier alpha value is -2.40. The van der Waals surface area contributed by atoms with Crippen molar-refractivity contribution in [2.45, 2.75) is 19.4 Å². The van der Waals surface area contributed by atoms with E-state index in [1.54, 1.807) is 11.3 Å². The normalized spacial score (nSPS) is 12.9. The molecule has 0 saturated heterocycles. The lowest BCUT2D eigenvalue weighted by atomic mass is 10.1. The van der Waals surface area contributed by atoms with Gasteiger partial charge in [-0.1, -0.05) is 24.3 Å². The highest BCUT2D eigenvalue weighted by atomic mass is 32.1. The van der Waals surface area contributed by atoms with Crippen LogP contribution in [0.5, 0.6) is 5.75 Å². The summed E-state index contributed by atoms with van der Waals surface area (Å²) >= 11 is 1.62. The molecule has 1 N–H and O–H groups in total. The zero-order valence-electron chi connectivity index (χ0n) is 12.5. The Morgan fingerprint density at radius 3 is 3.09 bits per heavy atom. The number of nitrogens with one attached hydrogen (secondary N) is 1. The lowest BCUT2D eigenvalue weighted by Crippen LogP contribution is -2.24. The molecule has 0 radical (unpaired) electrons. The minimum atomic E-state index is 0.0168. The number of thiazole rings is 1. The van der Waals surface area contributed by atoms with E-state index in [-0.39, 0.29) is 5.91 Å². The Kier molecular flexibility index (Phi) is 3.71. The predicted molar refractivity (Wildman–Crippen MR) is 90.8 cm³/mol. The molecule has 0 fully saturated rings. The Balaban J connectivity index is 1.38. The molecule has 4 rings (SSSR count). The first-order valence-electron chi connectivity index (χ1n) is 7.64. The van der Waals surface area contributed by atoms with Crippen molar-refractivity contribution in [1.82, 2.24) is 10.3 Å². The third-order valence-corrected chi connectivity index (χ3v) is 4.93. The molecule has 0 bridgehead atoms. The smallest absolute Gasteiger partial charge is 0.224 e. The largest absolute Gasteiger partial charge is 0.493 e. The van der Waals surface area contributed by atoms with Gasteiger partial charge >= 0.3 is 0 Å². The van der Waals surface area contributed by atoms with Crippen LogP contribution in [0.2, 0.25) is 0 Å². The van der Waals surface area contributed by atoms with Crippen LogP contribution in [0.3, 0.4) is 0 Å². The van der Waals surface area contributed by atoms with E-state index in [0.29, 0.717) is 13.0 Å². The van der Waals surface area contributed by atoms with Gasteiger partial charge in [0.2, 0.25) is 5.91 Å². The summed E-state index contributed by atoms with van der Waals surface area (Å²) in [5.74, 6) is 0.965. The highest BCUT2D eigenvalue weighted by molar-refractivity contribution is 7.18. The van der Waals surface area contributed by atoms with Crippen molar-refractivity contribution >= 4 is 27.5 Å². The van der Waals surface area contributed by atoms with Gasteiger partial charge in [0.1, 0.15) is 10.8 Å². The number of benzene rings is 2. The van der Waals surface area contributed by atoms with Crippen LogP contribution in [0.15, 0.2) is 42.5 Å². The maximum Gasteiger partial charge on any atom is 0.224 e. The molecule has 0 atom stereocenters. The molecule has 4 nitrogen and oxygen atoms in total. The van der Waals surface area contributed by atoms with E-state index < -0.39 is 0 Å². The van der Waals surface area contributed by atoms with E-state index >= 15 is 0 Å². The molecule has 23 heavy (non-hydrogen) atoms. The van der Waals surface area contributed by atoms with Crippen molar-refractivity contribution in [2.24, 2.45) is 0 Å². The maximum absolute atomic E-state index is 12.1. The first-order valence-corrected chi connectivity index (χ1v) is 8.45. The molecule has 0 spiro atoms. The van der Waals surface area contributed by atoms with Crippen molar-refractivity contribution in [3.8, 4) is 5.75 Å². The van der Waals surface area contributed by atoms with Crippen LogP contribution >= 0.6 is 11.3 Å². The summed E-state index contributed by atoms with van der Waals surface area (Å²) in [7, 11) is 0. The molecule has 1 aliphatic rings. The average Bonchev–Trinajstić information content (AvgIpc) is 3.18. The number of hydrogen-bond donors (Lipinski definition) is 1. The highest BCUT2D eigenvalue weighted by Gasteiger charge is 2.13. The molecule has 0 saturated carbocycles. The summed E-state index contributed by atoms with van der Waals surface area (Å²) in [6.07, 6.45) is 1.31. The molecular weight excluding hydrogens is 308 g/mol. The molecule has 0 unspecified atom stereocenters. The number of carbonyl (C=O) groups is 1. The number of carbonyl (C=O) groups excluding carboxylic acids is 1. The monoisotopic (exact) mass is 324 g/mol. The molecule has 1 amide bonds. The summed E-state index contributed by atoms with van der Waals surface area (Å²) in [4.78, 5) is 16.7. The fourth-order valence-electron chi connectivity index (χ4n) is 2.77. The van der Waals surface area contributed by atoms with Gasteiger partial charge in [0.15, 0.2) is 0 Å². The van der Waals surface area contributed by atoms with Crippen molar-refractivity contribution in [3.05, 3.63) is 58.6 Å². The van der Waals surface area contributed by atoms with E-state index in [2.05, 4.69) is 16.4 Å². The summed E-state index contributed by atoms with van der Waals surface area (Å²) < 4.78 is 6.63. The van der Waals surface area contributed by atoms with Crippen molar-refractivity contribution < 1.29 is 9.53 Å². The number of hydrogen-bond acceptors (Lipinski definition) is 4. The number of fused-ring (bicyclic) bond motifs is 2. The summed E-state index contributed by atoms with van der Waals surface area (Å²) in [6, 6.07) is 14.0. The van der Waals surface area contributed by atoms with E-state index in [9.17, 15) is 4.79 Å². The summed E-state index contributed by atoms with van der Waals surface area (Å²) in [6.45, 7) is 1.22. The molecule has 5 heteroatoms. The number of aromatic nitrogens is 1. The molecular formula is C18H16N2O2S. The Bertz CT molecular complexity index is 839. The number of ether oxygens (including phenoxy) is 1. The fraction of sp³-hybridized carbons (Fsp3) is 0.222. The molecule has 2 aromatic carbocycles. The zero-order valence-corrected chi connectivity index (χ0v) is 13.4. The van der Waals surface area contributed by atoms with Crippen LogP contribution < -0.4 is 10.1 Å². The predicted octanol–water partition coefficient (Wildman–Crippen LogP) is 3.09. The lowest BCUT2D eigenvalue weighted by Gasteiger charge is -2.05. The molecule has 2 heterocycles. The quantitative estimate of drug-likeness (QED) is 0.802. The number of nitrogens with zero attached hydrogens (tertiary/aromatic N) is 1. The van der Waals surface area contributed by atoms with E-state index in [0.717, 1.165) is 39.6 Å². The number of amides is 1. The van der Waals surface area contributed by atoms with Gasteiger partial charge < -0.3 is 10.1 Å². The van der Waals surface area contributed by atoms with Gasteiger partial charge in [0, 0.05) is 6.42 Å². The van der Waals surface area contributed by atoms with Gasteiger partial charge in [-0.3, -0.25) is 4.79 Å². The van der Waals surface area contributed by atoms with Crippen molar-refractivity contribution in [1.29, 1.82) is 0 Å².